The third kappa shape index (κ3) is 2.33. The number of amides is 3. The average Bonchev–Trinajstić information content (AvgIpc) is 3.24. The lowest BCUT2D eigenvalue weighted by Gasteiger charge is -2.34. The third-order valence-corrected chi connectivity index (χ3v) is 5.46. The van der Waals surface area contributed by atoms with E-state index in [-0.39, 0.29) is 5.91 Å². The van der Waals surface area contributed by atoms with Gasteiger partial charge >= 0.3 is 6.03 Å². The largest absolute Gasteiger partial charge is 0.325 e. The van der Waals surface area contributed by atoms with Crippen molar-refractivity contribution >= 4 is 40.9 Å². The molecule has 28 heavy (non-hydrogen) atoms. The minimum Gasteiger partial charge on any atom is -0.303 e. The number of para-hydroxylation sites is 1. The molecule has 0 saturated carbocycles. The third-order valence-electron chi connectivity index (χ3n) is 5.14. The van der Waals surface area contributed by atoms with Crippen molar-refractivity contribution in [1.82, 2.24) is 15.1 Å². The Morgan fingerprint density at radius 1 is 1.04 bits per heavy atom. The number of benzene rings is 2. The molecule has 1 N–H and O–H groups in total. The van der Waals surface area contributed by atoms with Gasteiger partial charge in [-0.2, -0.15) is 0 Å². The first-order valence-electron chi connectivity index (χ1n) is 8.82. The lowest BCUT2D eigenvalue weighted by atomic mass is 10.1. The number of carbonyl (C=O) groups is 2. The summed E-state index contributed by atoms with van der Waals surface area (Å²) >= 11 is 6.49. The average molecular weight is 394 g/mol. The topological polar surface area (TPSA) is 68.2 Å². The predicted octanol–water partition coefficient (Wildman–Crippen LogP) is 2.71. The number of imide groups is 1. The number of nitrogens with zero attached hydrogens (tertiary/aromatic N) is 4. The molecule has 0 aliphatic carbocycles. The van der Waals surface area contributed by atoms with Gasteiger partial charge in [0.25, 0.3) is 5.91 Å². The Morgan fingerprint density at radius 2 is 1.75 bits per heavy atom. The summed E-state index contributed by atoms with van der Waals surface area (Å²) in [5, 5.41) is 2.96. The summed E-state index contributed by atoms with van der Waals surface area (Å²) in [6.45, 7) is 0. The highest BCUT2D eigenvalue weighted by Gasteiger charge is 2.52. The summed E-state index contributed by atoms with van der Waals surface area (Å²) in [6.07, 6.45) is 1.31. The number of halogens is 1. The number of nitrogens with one attached hydrogen (secondary N) is 1. The van der Waals surface area contributed by atoms with Crippen molar-refractivity contribution in [3.8, 4) is 0 Å². The maximum absolute atomic E-state index is 12.6. The van der Waals surface area contributed by atoms with Crippen LogP contribution in [0, 0.1) is 0 Å². The summed E-state index contributed by atoms with van der Waals surface area (Å²) in [5.74, 6) is 0.204. The van der Waals surface area contributed by atoms with Gasteiger partial charge in [0.1, 0.15) is 0 Å². The van der Waals surface area contributed by atoms with Gasteiger partial charge in [-0.1, -0.05) is 54.1 Å². The Kier molecular flexibility index (Phi) is 3.67. The molecule has 0 aromatic heterocycles. The number of carbonyl (C=O) groups excluding carboxylic acids is 2. The molecule has 0 bridgehead atoms. The zero-order chi connectivity index (χ0) is 19.4. The SMILES string of the molecule is CN1C(=O)NC(=O)C2C1N=C1N(c3ccccc3Cl)C(c3ccccc3)=CN12. The quantitative estimate of drug-likeness (QED) is 0.851. The Bertz CT molecular complexity index is 1050. The zero-order valence-electron chi connectivity index (χ0n) is 14.9. The van der Waals surface area contributed by atoms with E-state index in [0.29, 0.717) is 11.0 Å². The van der Waals surface area contributed by atoms with Gasteiger partial charge in [0.05, 0.1) is 16.4 Å². The minimum absolute atomic E-state index is 0.364. The van der Waals surface area contributed by atoms with Crippen LogP contribution in [-0.2, 0) is 4.79 Å². The molecule has 5 rings (SSSR count). The summed E-state index contributed by atoms with van der Waals surface area (Å²) in [5.41, 5.74) is 2.59. The van der Waals surface area contributed by atoms with Crippen molar-refractivity contribution in [1.29, 1.82) is 0 Å². The molecule has 2 aromatic carbocycles. The number of urea groups is 1. The second-order valence-electron chi connectivity index (χ2n) is 6.77. The number of guanidine groups is 1. The first-order chi connectivity index (χ1) is 13.6. The number of hydrogen-bond acceptors (Lipinski definition) is 5. The van der Waals surface area contributed by atoms with Crippen molar-refractivity contribution in [3.63, 3.8) is 0 Å². The molecule has 1 fully saturated rings. The first-order valence-corrected chi connectivity index (χ1v) is 9.20. The second-order valence-corrected chi connectivity index (χ2v) is 7.17. The van der Waals surface area contributed by atoms with E-state index in [4.69, 9.17) is 16.6 Å². The van der Waals surface area contributed by atoms with E-state index in [0.717, 1.165) is 16.9 Å². The highest BCUT2D eigenvalue weighted by atomic mass is 35.5. The van der Waals surface area contributed by atoms with Crippen LogP contribution in [-0.4, -0.2) is 47.0 Å². The molecular formula is C20H16ClN5O2. The fourth-order valence-electron chi connectivity index (χ4n) is 3.76. The van der Waals surface area contributed by atoms with Gasteiger partial charge < -0.3 is 4.90 Å². The molecule has 3 amide bonds. The van der Waals surface area contributed by atoms with Crippen LogP contribution in [0.15, 0.2) is 65.8 Å². The second kappa shape index (κ2) is 6.10. The first kappa shape index (κ1) is 16.8. The van der Waals surface area contributed by atoms with Crippen LogP contribution < -0.4 is 10.2 Å². The highest BCUT2D eigenvalue weighted by molar-refractivity contribution is 6.34. The molecule has 140 valence electrons. The molecule has 3 aliphatic rings. The van der Waals surface area contributed by atoms with E-state index in [2.05, 4.69) is 5.32 Å². The standard InChI is InChI=1S/C20H16ClN5O2/c1-24-17-16(18(27)23-20(24)28)25-11-15(12-7-3-2-4-8-12)26(19(25)22-17)14-10-6-5-9-13(14)21/h2-11,16-17H,1H3,(H,23,27,28). The van der Waals surface area contributed by atoms with Crippen molar-refractivity contribution < 1.29 is 9.59 Å². The van der Waals surface area contributed by atoms with Gasteiger partial charge in [-0.25, -0.2) is 9.79 Å². The Labute approximate surface area is 166 Å². The van der Waals surface area contributed by atoms with Crippen LogP contribution in [0.5, 0.6) is 0 Å². The molecule has 7 nitrogen and oxygen atoms in total. The molecule has 0 radical (unpaired) electrons. The maximum atomic E-state index is 12.6. The monoisotopic (exact) mass is 393 g/mol. The molecule has 3 aliphatic heterocycles. The van der Waals surface area contributed by atoms with Crippen LogP contribution in [0.3, 0.4) is 0 Å². The van der Waals surface area contributed by atoms with E-state index >= 15 is 0 Å². The highest BCUT2D eigenvalue weighted by Crippen LogP contribution is 2.41. The van der Waals surface area contributed by atoms with E-state index in [1.54, 1.807) is 7.05 Å². The summed E-state index contributed by atoms with van der Waals surface area (Å²) in [6, 6.07) is 16.2. The molecule has 8 heteroatoms. The fourth-order valence-corrected chi connectivity index (χ4v) is 3.98. The molecule has 2 unspecified atom stereocenters. The van der Waals surface area contributed by atoms with Crippen LogP contribution >= 0.6 is 11.6 Å². The van der Waals surface area contributed by atoms with Crippen molar-refractivity contribution in [2.45, 2.75) is 12.2 Å². The zero-order valence-corrected chi connectivity index (χ0v) is 15.7. The summed E-state index contributed by atoms with van der Waals surface area (Å²) in [7, 11) is 1.63. The molecule has 2 aromatic rings. The number of aliphatic imine (C=N–C) groups is 1. The maximum Gasteiger partial charge on any atom is 0.325 e. The van der Waals surface area contributed by atoms with E-state index in [1.807, 2.05) is 70.6 Å². The van der Waals surface area contributed by atoms with Crippen molar-refractivity contribution in [3.05, 3.63) is 71.4 Å². The van der Waals surface area contributed by atoms with Crippen LogP contribution in [0.25, 0.3) is 5.70 Å². The predicted molar refractivity (Wildman–Crippen MR) is 107 cm³/mol. The van der Waals surface area contributed by atoms with Crippen molar-refractivity contribution in [2.75, 3.05) is 11.9 Å². The summed E-state index contributed by atoms with van der Waals surface area (Å²) < 4.78 is 0. The van der Waals surface area contributed by atoms with Gasteiger partial charge in [0.15, 0.2) is 12.2 Å². The number of rotatable bonds is 2. The molecule has 1 saturated heterocycles. The number of likely N-dealkylation sites (N-methyl/N-ethyl adjacent to an activating group) is 1. The fraction of sp³-hybridized carbons (Fsp3) is 0.150. The normalized spacial score (nSPS) is 23.3. The van der Waals surface area contributed by atoms with E-state index < -0.39 is 18.2 Å². The van der Waals surface area contributed by atoms with Crippen LogP contribution in [0.1, 0.15) is 5.56 Å². The van der Waals surface area contributed by atoms with Gasteiger partial charge in [0.2, 0.25) is 5.96 Å². The molecular weight excluding hydrogens is 378 g/mol. The molecule has 0 spiro atoms. The lowest BCUT2D eigenvalue weighted by Crippen LogP contribution is -2.62. The minimum atomic E-state index is -0.621. The van der Waals surface area contributed by atoms with E-state index in [9.17, 15) is 9.59 Å². The van der Waals surface area contributed by atoms with Crippen LogP contribution in [0.2, 0.25) is 5.02 Å². The van der Waals surface area contributed by atoms with Gasteiger partial charge in [-0.3, -0.25) is 19.9 Å². The van der Waals surface area contributed by atoms with E-state index in [1.165, 1.54) is 4.90 Å². The van der Waals surface area contributed by atoms with Gasteiger partial charge in [0, 0.05) is 18.8 Å². The number of fused-ring (bicyclic) bond motifs is 3. The van der Waals surface area contributed by atoms with Gasteiger partial charge in [-0.15, -0.1) is 0 Å². The molecule has 2 atom stereocenters. The number of hydrogen-bond donors (Lipinski definition) is 1. The summed E-state index contributed by atoms with van der Waals surface area (Å²) in [4.78, 5) is 34.5. The van der Waals surface area contributed by atoms with Gasteiger partial charge in [-0.05, 0) is 12.1 Å². The number of anilines is 1. The molecule has 3 heterocycles. The smallest absolute Gasteiger partial charge is 0.303 e. The van der Waals surface area contributed by atoms with Crippen molar-refractivity contribution in [2.24, 2.45) is 4.99 Å². The van der Waals surface area contributed by atoms with Crippen LogP contribution in [0.4, 0.5) is 10.5 Å². The lowest BCUT2D eigenvalue weighted by molar-refractivity contribution is -0.126. The Balaban J connectivity index is 1.67. The Hall–Kier alpha value is -3.32. The Morgan fingerprint density at radius 3 is 2.50 bits per heavy atom.